The lowest BCUT2D eigenvalue weighted by Crippen LogP contribution is -2.41. The second kappa shape index (κ2) is 3.73. The molecular formula is C13H22O3. The van der Waals surface area contributed by atoms with Crippen molar-refractivity contribution in [2.75, 3.05) is 7.11 Å². The Hall–Kier alpha value is -0.570. The average Bonchev–Trinajstić information content (AvgIpc) is 2.94. The van der Waals surface area contributed by atoms with Gasteiger partial charge in [0.05, 0.1) is 7.11 Å². The van der Waals surface area contributed by atoms with Gasteiger partial charge in [-0.05, 0) is 37.5 Å². The molecule has 92 valence electrons. The van der Waals surface area contributed by atoms with Gasteiger partial charge in [0.1, 0.15) is 5.60 Å². The maximum Gasteiger partial charge on any atom is 0.341 e. The SMILES string of the molecule is CCC1(C(=O)OC)OC12CCC(C)CC2C. The summed E-state index contributed by atoms with van der Waals surface area (Å²) in [7, 11) is 1.45. The van der Waals surface area contributed by atoms with Crippen molar-refractivity contribution < 1.29 is 14.3 Å². The number of ether oxygens (including phenoxy) is 2. The zero-order chi connectivity index (χ0) is 12.0. The highest BCUT2D eigenvalue weighted by Crippen LogP contribution is 2.61. The van der Waals surface area contributed by atoms with E-state index in [4.69, 9.17) is 9.47 Å². The van der Waals surface area contributed by atoms with Crippen LogP contribution in [0.5, 0.6) is 0 Å². The maximum atomic E-state index is 11.9. The Kier molecular flexibility index (Phi) is 2.77. The van der Waals surface area contributed by atoms with Gasteiger partial charge in [-0.3, -0.25) is 0 Å². The van der Waals surface area contributed by atoms with Crippen LogP contribution < -0.4 is 0 Å². The Morgan fingerprint density at radius 1 is 1.50 bits per heavy atom. The first-order chi connectivity index (χ1) is 7.52. The van der Waals surface area contributed by atoms with Gasteiger partial charge in [0.15, 0.2) is 5.60 Å². The molecular weight excluding hydrogens is 204 g/mol. The first kappa shape index (κ1) is 11.9. The predicted molar refractivity (Wildman–Crippen MR) is 61.0 cm³/mol. The third kappa shape index (κ3) is 1.33. The number of hydrogen-bond donors (Lipinski definition) is 0. The summed E-state index contributed by atoms with van der Waals surface area (Å²) in [4.78, 5) is 11.9. The molecule has 0 aromatic heterocycles. The molecule has 2 fully saturated rings. The van der Waals surface area contributed by atoms with Crippen molar-refractivity contribution in [3.8, 4) is 0 Å². The quantitative estimate of drug-likeness (QED) is 0.536. The van der Waals surface area contributed by atoms with E-state index in [0.29, 0.717) is 5.92 Å². The van der Waals surface area contributed by atoms with Crippen LogP contribution in [0.25, 0.3) is 0 Å². The van der Waals surface area contributed by atoms with Gasteiger partial charge in [0.25, 0.3) is 0 Å². The van der Waals surface area contributed by atoms with Gasteiger partial charge in [-0.1, -0.05) is 20.8 Å². The molecule has 0 amide bonds. The Morgan fingerprint density at radius 3 is 2.69 bits per heavy atom. The summed E-state index contributed by atoms with van der Waals surface area (Å²) >= 11 is 0. The van der Waals surface area contributed by atoms with Crippen molar-refractivity contribution in [3.63, 3.8) is 0 Å². The fraction of sp³-hybridized carbons (Fsp3) is 0.923. The molecule has 1 saturated carbocycles. The van der Waals surface area contributed by atoms with Crippen LogP contribution in [0, 0.1) is 11.8 Å². The van der Waals surface area contributed by atoms with Crippen molar-refractivity contribution in [3.05, 3.63) is 0 Å². The highest BCUT2D eigenvalue weighted by molar-refractivity contribution is 5.85. The largest absolute Gasteiger partial charge is 0.467 e. The molecule has 0 aromatic carbocycles. The highest BCUT2D eigenvalue weighted by atomic mass is 16.7. The molecule has 1 saturated heterocycles. The summed E-state index contributed by atoms with van der Waals surface area (Å²) in [5, 5.41) is 0. The minimum absolute atomic E-state index is 0.184. The van der Waals surface area contributed by atoms with E-state index < -0.39 is 5.60 Å². The molecule has 0 radical (unpaired) electrons. The van der Waals surface area contributed by atoms with E-state index >= 15 is 0 Å². The predicted octanol–water partition coefficient (Wildman–Crippen LogP) is 2.53. The molecule has 4 atom stereocenters. The number of epoxide rings is 1. The molecule has 1 heterocycles. The number of rotatable bonds is 2. The van der Waals surface area contributed by atoms with Crippen molar-refractivity contribution in [2.45, 2.75) is 57.7 Å². The zero-order valence-corrected chi connectivity index (χ0v) is 10.7. The van der Waals surface area contributed by atoms with E-state index in [1.165, 1.54) is 7.11 Å². The summed E-state index contributed by atoms with van der Waals surface area (Å²) in [6.45, 7) is 6.49. The Balaban J connectivity index is 2.20. The molecule has 0 bridgehead atoms. The van der Waals surface area contributed by atoms with Crippen LogP contribution >= 0.6 is 0 Å². The third-order valence-electron chi connectivity index (χ3n) is 4.57. The lowest BCUT2D eigenvalue weighted by molar-refractivity contribution is -0.147. The highest BCUT2D eigenvalue weighted by Gasteiger charge is 2.76. The van der Waals surface area contributed by atoms with E-state index in [0.717, 1.165) is 31.6 Å². The van der Waals surface area contributed by atoms with Gasteiger partial charge in [0.2, 0.25) is 0 Å². The van der Waals surface area contributed by atoms with Crippen LogP contribution in [-0.2, 0) is 14.3 Å². The van der Waals surface area contributed by atoms with Gasteiger partial charge in [-0.25, -0.2) is 4.79 Å². The Bertz CT molecular complexity index is 302. The molecule has 1 aliphatic carbocycles. The minimum atomic E-state index is -0.638. The summed E-state index contributed by atoms with van der Waals surface area (Å²) in [6, 6.07) is 0. The fourth-order valence-corrected chi connectivity index (χ4v) is 3.55. The fourth-order valence-electron chi connectivity index (χ4n) is 3.55. The van der Waals surface area contributed by atoms with Gasteiger partial charge in [-0.2, -0.15) is 0 Å². The molecule has 0 aromatic rings. The van der Waals surface area contributed by atoms with Crippen LogP contribution in [0.4, 0.5) is 0 Å². The minimum Gasteiger partial charge on any atom is -0.467 e. The lowest BCUT2D eigenvalue weighted by atomic mass is 9.69. The van der Waals surface area contributed by atoms with Gasteiger partial charge < -0.3 is 9.47 Å². The number of esters is 1. The average molecular weight is 226 g/mol. The molecule has 0 N–H and O–H groups in total. The molecule has 1 spiro atoms. The van der Waals surface area contributed by atoms with E-state index in [-0.39, 0.29) is 11.6 Å². The molecule has 16 heavy (non-hydrogen) atoms. The van der Waals surface area contributed by atoms with Crippen molar-refractivity contribution in [1.82, 2.24) is 0 Å². The van der Waals surface area contributed by atoms with E-state index in [2.05, 4.69) is 13.8 Å². The van der Waals surface area contributed by atoms with Crippen LogP contribution in [-0.4, -0.2) is 24.3 Å². The normalized spacial score (nSPS) is 46.8. The molecule has 2 rings (SSSR count). The number of carbonyl (C=O) groups is 1. The molecule has 3 nitrogen and oxygen atoms in total. The van der Waals surface area contributed by atoms with Crippen molar-refractivity contribution in [2.24, 2.45) is 11.8 Å². The molecule has 1 aliphatic heterocycles. The van der Waals surface area contributed by atoms with E-state index in [9.17, 15) is 4.79 Å². The Labute approximate surface area is 97.5 Å². The lowest BCUT2D eigenvalue weighted by Gasteiger charge is -2.32. The van der Waals surface area contributed by atoms with Crippen LogP contribution in [0.2, 0.25) is 0 Å². The van der Waals surface area contributed by atoms with Crippen LogP contribution in [0.1, 0.15) is 46.5 Å². The summed E-state index contributed by atoms with van der Waals surface area (Å²) in [5.41, 5.74) is -0.858. The number of carbonyl (C=O) groups excluding carboxylic acids is 1. The summed E-state index contributed by atoms with van der Waals surface area (Å²) in [5.74, 6) is 1.02. The number of methoxy groups -OCH3 is 1. The standard InChI is InChI=1S/C13H22O3/c1-5-12(11(14)15-4)13(16-12)7-6-9(2)8-10(13)3/h9-10H,5-8H2,1-4H3. The summed E-state index contributed by atoms with van der Waals surface area (Å²) < 4.78 is 10.8. The maximum absolute atomic E-state index is 11.9. The van der Waals surface area contributed by atoms with Crippen LogP contribution in [0.3, 0.4) is 0 Å². The molecule has 3 heteroatoms. The monoisotopic (exact) mass is 226 g/mol. The van der Waals surface area contributed by atoms with Gasteiger partial charge in [-0.15, -0.1) is 0 Å². The van der Waals surface area contributed by atoms with Gasteiger partial charge >= 0.3 is 5.97 Å². The Morgan fingerprint density at radius 2 is 2.19 bits per heavy atom. The third-order valence-corrected chi connectivity index (χ3v) is 4.57. The zero-order valence-electron chi connectivity index (χ0n) is 10.7. The topological polar surface area (TPSA) is 38.8 Å². The van der Waals surface area contributed by atoms with Gasteiger partial charge in [0, 0.05) is 0 Å². The number of hydrogen-bond acceptors (Lipinski definition) is 3. The second-order valence-corrected chi connectivity index (χ2v) is 5.44. The summed E-state index contributed by atoms with van der Waals surface area (Å²) in [6.07, 6.45) is 4.03. The van der Waals surface area contributed by atoms with Crippen molar-refractivity contribution in [1.29, 1.82) is 0 Å². The first-order valence-electron chi connectivity index (χ1n) is 6.31. The van der Waals surface area contributed by atoms with Crippen molar-refractivity contribution >= 4 is 5.97 Å². The van der Waals surface area contributed by atoms with Crippen LogP contribution in [0.15, 0.2) is 0 Å². The smallest absolute Gasteiger partial charge is 0.341 e. The molecule has 4 unspecified atom stereocenters. The van der Waals surface area contributed by atoms with E-state index in [1.807, 2.05) is 6.92 Å². The van der Waals surface area contributed by atoms with E-state index in [1.54, 1.807) is 0 Å². The molecule has 2 aliphatic rings. The second-order valence-electron chi connectivity index (χ2n) is 5.44. The first-order valence-corrected chi connectivity index (χ1v) is 6.31.